The first-order valence-electron chi connectivity index (χ1n) is 11.0. The first kappa shape index (κ1) is 25.3. The minimum atomic E-state index is -4.04. The van der Waals surface area contributed by atoms with E-state index in [1.165, 1.54) is 19.2 Å². The zero-order valence-corrected chi connectivity index (χ0v) is 21.3. The van der Waals surface area contributed by atoms with Crippen molar-refractivity contribution in [3.8, 4) is 5.75 Å². The van der Waals surface area contributed by atoms with E-state index in [4.69, 9.17) is 11.6 Å². The fraction of sp³-hybridized carbons (Fsp3) is 0.154. The molecule has 1 unspecified atom stereocenters. The number of phenolic OH excluding ortho intramolecular Hbond substituents is 1. The van der Waals surface area contributed by atoms with E-state index in [0.29, 0.717) is 10.9 Å². The molecular formula is C26H24ClN3O5S. The van der Waals surface area contributed by atoms with E-state index in [9.17, 15) is 23.1 Å². The Bertz CT molecular complexity index is 1610. The SMILES string of the molecule is Cc1cccc(C(=O)Nc2cc(Cl)c(NC(=O)C(C)S(=O)(=O)c3cn(C)c4ccccc34)cc2O)c1. The van der Waals surface area contributed by atoms with Gasteiger partial charge in [0, 0.05) is 35.8 Å². The van der Waals surface area contributed by atoms with E-state index in [0.717, 1.165) is 17.1 Å². The molecular weight excluding hydrogens is 502 g/mol. The molecule has 3 N–H and O–H groups in total. The highest BCUT2D eigenvalue weighted by molar-refractivity contribution is 7.93. The molecule has 4 aromatic rings. The van der Waals surface area contributed by atoms with Crippen LogP contribution in [0.1, 0.15) is 22.8 Å². The second kappa shape index (κ2) is 9.67. The summed E-state index contributed by atoms with van der Waals surface area (Å²) in [5, 5.41) is 14.6. The van der Waals surface area contributed by atoms with Crippen LogP contribution in [0.15, 0.2) is 71.8 Å². The molecule has 0 saturated carbocycles. The minimum Gasteiger partial charge on any atom is -0.506 e. The summed E-state index contributed by atoms with van der Waals surface area (Å²) in [5.41, 5.74) is 2.07. The number of aromatic nitrogens is 1. The van der Waals surface area contributed by atoms with Gasteiger partial charge in [0.25, 0.3) is 5.91 Å². The van der Waals surface area contributed by atoms with Crippen LogP contribution >= 0.6 is 11.6 Å². The number of carbonyl (C=O) groups is 2. The fourth-order valence-electron chi connectivity index (χ4n) is 3.84. The molecule has 8 nitrogen and oxygen atoms in total. The Labute approximate surface area is 213 Å². The summed E-state index contributed by atoms with van der Waals surface area (Å²) in [6.45, 7) is 3.14. The molecule has 0 fully saturated rings. The second-order valence-electron chi connectivity index (χ2n) is 8.47. The average molecular weight is 526 g/mol. The van der Waals surface area contributed by atoms with Gasteiger partial charge in [-0.2, -0.15) is 0 Å². The van der Waals surface area contributed by atoms with Crippen LogP contribution in [0.5, 0.6) is 5.75 Å². The maximum Gasteiger partial charge on any atom is 0.255 e. The number of fused-ring (bicyclic) bond motifs is 1. The molecule has 10 heteroatoms. The maximum absolute atomic E-state index is 13.3. The van der Waals surface area contributed by atoms with Crippen molar-refractivity contribution < 1.29 is 23.1 Å². The number of anilines is 2. The zero-order chi connectivity index (χ0) is 26.2. The molecule has 3 aromatic carbocycles. The number of aromatic hydroxyl groups is 1. The molecule has 36 heavy (non-hydrogen) atoms. The monoisotopic (exact) mass is 525 g/mol. The van der Waals surface area contributed by atoms with E-state index < -0.39 is 26.9 Å². The van der Waals surface area contributed by atoms with Crippen molar-refractivity contribution in [2.75, 3.05) is 10.6 Å². The third-order valence-electron chi connectivity index (χ3n) is 5.87. The van der Waals surface area contributed by atoms with Gasteiger partial charge in [0.1, 0.15) is 11.0 Å². The van der Waals surface area contributed by atoms with Crippen LogP contribution in [0.25, 0.3) is 10.9 Å². The zero-order valence-electron chi connectivity index (χ0n) is 19.7. The Hall–Kier alpha value is -3.82. The lowest BCUT2D eigenvalue weighted by Gasteiger charge is -2.15. The summed E-state index contributed by atoms with van der Waals surface area (Å²) in [7, 11) is -2.31. The fourth-order valence-corrected chi connectivity index (χ4v) is 5.55. The van der Waals surface area contributed by atoms with Gasteiger partial charge in [-0.15, -0.1) is 0 Å². The quantitative estimate of drug-likeness (QED) is 0.309. The summed E-state index contributed by atoms with van der Waals surface area (Å²) >= 11 is 6.29. The van der Waals surface area contributed by atoms with Crippen molar-refractivity contribution >= 4 is 55.5 Å². The topological polar surface area (TPSA) is 118 Å². The number of benzene rings is 3. The van der Waals surface area contributed by atoms with Crippen molar-refractivity contribution in [1.29, 1.82) is 0 Å². The van der Waals surface area contributed by atoms with Gasteiger partial charge in [-0.25, -0.2) is 8.42 Å². The van der Waals surface area contributed by atoms with Gasteiger partial charge < -0.3 is 20.3 Å². The predicted octanol–water partition coefficient (Wildman–Crippen LogP) is 4.90. The summed E-state index contributed by atoms with van der Waals surface area (Å²) in [6, 6.07) is 16.4. The van der Waals surface area contributed by atoms with Gasteiger partial charge in [-0.1, -0.05) is 47.5 Å². The molecule has 0 bridgehead atoms. The van der Waals surface area contributed by atoms with E-state index in [1.54, 1.807) is 54.1 Å². The molecule has 0 aliphatic carbocycles. The van der Waals surface area contributed by atoms with Gasteiger partial charge in [-0.3, -0.25) is 9.59 Å². The Morgan fingerprint density at radius 2 is 1.72 bits per heavy atom. The number of phenols is 1. The average Bonchev–Trinajstić information content (AvgIpc) is 3.19. The number of halogens is 1. The van der Waals surface area contributed by atoms with E-state index >= 15 is 0 Å². The number of hydrogen-bond donors (Lipinski definition) is 3. The van der Waals surface area contributed by atoms with E-state index in [2.05, 4.69) is 10.6 Å². The molecule has 186 valence electrons. The van der Waals surface area contributed by atoms with Gasteiger partial charge in [-0.05, 0) is 38.1 Å². The first-order chi connectivity index (χ1) is 17.0. The third-order valence-corrected chi connectivity index (χ3v) is 8.27. The summed E-state index contributed by atoms with van der Waals surface area (Å²) in [6.07, 6.45) is 1.48. The van der Waals surface area contributed by atoms with Gasteiger partial charge >= 0.3 is 0 Å². The lowest BCUT2D eigenvalue weighted by Crippen LogP contribution is -2.32. The number of rotatable bonds is 6. The number of nitrogens with one attached hydrogen (secondary N) is 2. The van der Waals surface area contributed by atoms with E-state index in [-0.39, 0.29) is 27.0 Å². The van der Waals surface area contributed by atoms with Crippen molar-refractivity contribution in [2.45, 2.75) is 24.0 Å². The Balaban J connectivity index is 1.55. The number of hydrogen-bond acceptors (Lipinski definition) is 5. The van der Waals surface area contributed by atoms with E-state index in [1.807, 2.05) is 13.0 Å². The third kappa shape index (κ3) is 4.80. The predicted molar refractivity (Wildman–Crippen MR) is 140 cm³/mol. The lowest BCUT2D eigenvalue weighted by atomic mass is 10.1. The molecule has 0 aliphatic heterocycles. The second-order valence-corrected chi connectivity index (χ2v) is 11.1. The number of aryl methyl sites for hydroxylation is 2. The van der Waals surface area contributed by atoms with Crippen LogP contribution in [0.2, 0.25) is 5.02 Å². The maximum atomic E-state index is 13.3. The lowest BCUT2D eigenvalue weighted by molar-refractivity contribution is -0.115. The number of para-hydroxylation sites is 1. The minimum absolute atomic E-state index is 0.00712. The summed E-state index contributed by atoms with van der Waals surface area (Å²) in [5.74, 6) is -1.61. The van der Waals surface area contributed by atoms with Crippen molar-refractivity contribution in [1.82, 2.24) is 4.57 Å². The Kier molecular flexibility index (Phi) is 6.79. The summed E-state index contributed by atoms with van der Waals surface area (Å²) < 4.78 is 28.2. The van der Waals surface area contributed by atoms with Crippen molar-refractivity contribution in [2.24, 2.45) is 7.05 Å². The number of carbonyl (C=O) groups excluding carboxylic acids is 2. The molecule has 0 spiro atoms. The van der Waals surface area contributed by atoms with Gasteiger partial charge in [0.05, 0.1) is 21.3 Å². The number of nitrogens with zero attached hydrogens (tertiary/aromatic N) is 1. The highest BCUT2D eigenvalue weighted by atomic mass is 35.5. The first-order valence-corrected chi connectivity index (χ1v) is 12.9. The molecule has 1 atom stereocenters. The number of sulfone groups is 1. The largest absolute Gasteiger partial charge is 0.506 e. The highest BCUT2D eigenvalue weighted by Gasteiger charge is 2.32. The van der Waals surface area contributed by atoms with Crippen LogP contribution in [-0.2, 0) is 21.7 Å². The molecule has 1 heterocycles. The molecule has 2 amide bonds. The van der Waals surface area contributed by atoms with Gasteiger partial charge in [0.2, 0.25) is 5.91 Å². The Morgan fingerprint density at radius 3 is 2.44 bits per heavy atom. The highest BCUT2D eigenvalue weighted by Crippen LogP contribution is 2.35. The molecule has 0 saturated heterocycles. The van der Waals surface area contributed by atoms with Crippen LogP contribution in [-0.4, -0.2) is 35.2 Å². The van der Waals surface area contributed by atoms with Crippen LogP contribution in [0.3, 0.4) is 0 Å². The van der Waals surface area contributed by atoms with Crippen molar-refractivity contribution in [3.05, 3.63) is 83.0 Å². The van der Waals surface area contributed by atoms with Crippen LogP contribution in [0.4, 0.5) is 11.4 Å². The number of amides is 2. The smallest absolute Gasteiger partial charge is 0.255 e. The molecule has 0 radical (unpaired) electrons. The van der Waals surface area contributed by atoms with Crippen LogP contribution < -0.4 is 10.6 Å². The summed E-state index contributed by atoms with van der Waals surface area (Å²) in [4.78, 5) is 25.5. The van der Waals surface area contributed by atoms with Gasteiger partial charge in [0.15, 0.2) is 9.84 Å². The standard InChI is InChI=1S/C26H24ClN3O5S/c1-15-7-6-8-17(11-15)26(33)29-21-12-19(27)20(13-23(21)31)28-25(32)16(2)36(34,35)24-14-30(3)22-10-5-4-9-18(22)24/h4-14,16,31H,1-3H3,(H,28,32)(H,29,33). The van der Waals surface area contributed by atoms with Crippen LogP contribution in [0, 0.1) is 6.92 Å². The molecule has 0 aliphatic rings. The van der Waals surface area contributed by atoms with Crippen molar-refractivity contribution in [3.63, 3.8) is 0 Å². The normalized spacial score (nSPS) is 12.3. The molecule has 4 rings (SSSR count). The molecule has 1 aromatic heterocycles. The Morgan fingerprint density at radius 1 is 1.00 bits per heavy atom.